The van der Waals surface area contributed by atoms with Gasteiger partial charge in [0.1, 0.15) is 11.4 Å². The summed E-state index contributed by atoms with van der Waals surface area (Å²) in [6.07, 6.45) is 0.758. The Balaban J connectivity index is 1.61. The van der Waals surface area contributed by atoms with Crippen molar-refractivity contribution >= 4 is 29.3 Å². The highest BCUT2D eigenvalue weighted by Crippen LogP contribution is 2.39. The summed E-state index contributed by atoms with van der Waals surface area (Å²) in [5.41, 5.74) is 3.07. The molecule has 1 aliphatic heterocycles. The number of carbonyl (C=O) groups is 1. The maximum Gasteiger partial charge on any atom is 0.230 e. The lowest BCUT2D eigenvalue weighted by Gasteiger charge is -2.38. The summed E-state index contributed by atoms with van der Waals surface area (Å²) in [6.45, 7) is 6.17. The lowest BCUT2D eigenvalue weighted by Crippen LogP contribution is -2.41. The van der Waals surface area contributed by atoms with Crippen LogP contribution in [0.4, 0.5) is 0 Å². The number of hydrogen-bond donors (Lipinski definition) is 1. The topological polar surface area (TPSA) is 38.3 Å². The number of ether oxygens (including phenoxy) is 1. The smallest absolute Gasteiger partial charge is 0.230 e. The number of rotatable bonds is 5. The summed E-state index contributed by atoms with van der Waals surface area (Å²) in [5, 5.41) is 3.92. The monoisotopic (exact) mass is 389 g/mol. The van der Waals surface area contributed by atoms with E-state index >= 15 is 0 Å². The molecule has 1 N–H and O–H groups in total. The summed E-state index contributed by atoms with van der Waals surface area (Å²) >= 11 is 7.60. The Morgan fingerprint density at radius 2 is 2.12 bits per heavy atom. The minimum absolute atomic E-state index is 0.0204. The molecule has 1 aliphatic rings. The number of aryl methyl sites for hydroxylation is 1. The van der Waals surface area contributed by atoms with Crippen molar-refractivity contribution in [3.8, 4) is 5.75 Å². The second kappa shape index (κ2) is 7.93. The first-order valence-corrected chi connectivity index (χ1v) is 10.3. The standard InChI is InChI=1S/C21H24ClNO2S/c1-14-7-8-19-17(9-14)18(11-21(2,3)25-19)23-20(24)13-26-12-15-5-4-6-16(22)10-15/h4-10,18H,11-13H2,1-3H3,(H,23,24)/t18-/m0/s1. The number of amides is 1. The van der Waals surface area contributed by atoms with E-state index < -0.39 is 0 Å². The summed E-state index contributed by atoms with van der Waals surface area (Å²) in [5.74, 6) is 2.10. The molecule has 1 atom stereocenters. The first kappa shape index (κ1) is 19.1. The fourth-order valence-electron chi connectivity index (χ4n) is 3.23. The van der Waals surface area contributed by atoms with E-state index in [9.17, 15) is 4.79 Å². The lowest BCUT2D eigenvalue weighted by atomic mass is 9.89. The van der Waals surface area contributed by atoms with Crippen molar-refractivity contribution in [1.29, 1.82) is 0 Å². The number of hydrogen-bond acceptors (Lipinski definition) is 3. The van der Waals surface area contributed by atoms with Gasteiger partial charge in [-0.15, -0.1) is 11.8 Å². The molecule has 26 heavy (non-hydrogen) atoms. The van der Waals surface area contributed by atoms with Gasteiger partial charge in [-0.3, -0.25) is 4.79 Å². The lowest BCUT2D eigenvalue weighted by molar-refractivity contribution is -0.119. The van der Waals surface area contributed by atoms with E-state index in [1.165, 1.54) is 5.56 Å². The predicted molar refractivity (Wildman–Crippen MR) is 109 cm³/mol. The summed E-state index contributed by atoms with van der Waals surface area (Å²) < 4.78 is 6.07. The summed E-state index contributed by atoms with van der Waals surface area (Å²) in [6, 6.07) is 13.9. The van der Waals surface area contributed by atoms with Crippen LogP contribution in [-0.2, 0) is 10.5 Å². The summed E-state index contributed by atoms with van der Waals surface area (Å²) in [4.78, 5) is 12.5. The Morgan fingerprint density at radius 1 is 1.31 bits per heavy atom. The van der Waals surface area contributed by atoms with Gasteiger partial charge in [0.15, 0.2) is 0 Å². The van der Waals surface area contributed by atoms with Gasteiger partial charge in [0, 0.05) is 22.8 Å². The van der Waals surface area contributed by atoms with E-state index in [-0.39, 0.29) is 17.6 Å². The van der Waals surface area contributed by atoms with E-state index in [0.29, 0.717) is 5.75 Å². The van der Waals surface area contributed by atoms with Crippen LogP contribution in [0, 0.1) is 6.92 Å². The molecule has 3 nitrogen and oxygen atoms in total. The molecule has 3 rings (SSSR count). The van der Waals surface area contributed by atoms with E-state index in [1.54, 1.807) is 11.8 Å². The minimum Gasteiger partial charge on any atom is -0.487 e. The molecule has 2 aromatic rings. The van der Waals surface area contributed by atoms with Crippen molar-refractivity contribution in [2.45, 2.75) is 44.6 Å². The average molecular weight is 390 g/mol. The van der Waals surface area contributed by atoms with Crippen molar-refractivity contribution in [3.63, 3.8) is 0 Å². The molecule has 0 saturated heterocycles. The molecular formula is C21H24ClNO2S. The van der Waals surface area contributed by atoms with Crippen LogP contribution < -0.4 is 10.1 Å². The molecule has 1 heterocycles. The van der Waals surface area contributed by atoms with E-state index in [0.717, 1.165) is 34.1 Å². The van der Waals surface area contributed by atoms with Crippen LogP contribution in [0.5, 0.6) is 5.75 Å². The van der Waals surface area contributed by atoms with Crippen molar-refractivity contribution in [2.75, 3.05) is 5.75 Å². The van der Waals surface area contributed by atoms with Crippen LogP contribution >= 0.6 is 23.4 Å². The molecule has 138 valence electrons. The molecule has 0 fully saturated rings. The van der Waals surface area contributed by atoms with Gasteiger partial charge in [0.25, 0.3) is 0 Å². The average Bonchev–Trinajstić information content (AvgIpc) is 2.55. The molecule has 0 bridgehead atoms. The molecule has 0 radical (unpaired) electrons. The number of carbonyl (C=O) groups excluding carboxylic acids is 1. The highest BCUT2D eigenvalue weighted by atomic mass is 35.5. The number of benzene rings is 2. The zero-order valence-electron chi connectivity index (χ0n) is 15.3. The Bertz CT molecular complexity index is 806. The Kier molecular flexibility index (Phi) is 5.83. The first-order valence-electron chi connectivity index (χ1n) is 8.73. The van der Waals surface area contributed by atoms with E-state index in [2.05, 4.69) is 32.2 Å². The highest BCUT2D eigenvalue weighted by Gasteiger charge is 2.34. The molecule has 2 aromatic carbocycles. The van der Waals surface area contributed by atoms with Gasteiger partial charge >= 0.3 is 0 Å². The molecule has 1 amide bonds. The van der Waals surface area contributed by atoms with E-state index in [1.807, 2.05) is 36.4 Å². The second-order valence-electron chi connectivity index (χ2n) is 7.35. The molecule has 5 heteroatoms. The SMILES string of the molecule is Cc1ccc2c(c1)[C@@H](NC(=O)CSCc1cccc(Cl)c1)CC(C)(C)O2. The Morgan fingerprint density at radius 3 is 2.88 bits per heavy atom. The van der Waals surface area contributed by atoms with Gasteiger partial charge in [0.05, 0.1) is 11.8 Å². The molecule has 0 saturated carbocycles. The number of thioether (sulfide) groups is 1. The predicted octanol–water partition coefficient (Wildman–Crippen LogP) is 5.30. The maximum atomic E-state index is 12.5. The van der Waals surface area contributed by atoms with Gasteiger partial charge in [-0.25, -0.2) is 0 Å². The summed E-state index contributed by atoms with van der Waals surface area (Å²) in [7, 11) is 0. The van der Waals surface area contributed by atoms with Gasteiger partial charge < -0.3 is 10.1 Å². The number of halogens is 1. The third-order valence-electron chi connectivity index (χ3n) is 4.35. The minimum atomic E-state index is -0.297. The van der Waals surface area contributed by atoms with Crippen LogP contribution in [0.25, 0.3) is 0 Å². The van der Waals surface area contributed by atoms with Crippen LogP contribution in [-0.4, -0.2) is 17.3 Å². The normalized spacial score (nSPS) is 17.9. The van der Waals surface area contributed by atoms with Crippen molar-refractivity contribution in [3.05, 3.63) is 64.2 Å². The molecule has 0 aromatic heterocycles. The first-order chi connectivity index (χ1) is 12.3. The Hall–Kier alpha value is -1.65. The largest absolute Gasteiger partial charge is 0.487 e. The zero-order chi connectivity index (χ0) is 18.7. The fraction of sp³-hybridized carbons (Fsp3) is 0.381. The van der Waals surface area contributed by atoms with Crippen molar-refractivity contribution in [2.24, 2.45) is 0 Å². The number of nitrogens with one attached hydrogen (secondary N) is 1. The van der Waals surface area contributed by atoms with Crippen LogP contribution in [0.1, 0.15) is 43.0 Å². The third-order valence-corrected chi connectivity index (χ3v) is 5.59. The van der Waals surface area contributed by atoms with E-state index in [4.69, 9.17) is 16.3 Å². The maximum absolute atomic E-state index is 12.5. The highest BCUT2D eigenvalue weighted by molar-refractivity contribution is 7.99. The van der Waals surface area contributed by atoms with Gasteiger partial charge in [-0.05, 0) is 44.5 Å². The molecule has 0 aliphatic carbocycles. The Labute approximate surface area is 164 Å². The van der Waals surface area contributed by atoms with Crippen LogP contribution in [0.2, 0.25) is 5.02 Å². The zero-order valence-corrected chi connectivity index (χ0v) is 16.9. The molecule has 0 unspecified atom stereocenters. The van der Waals surface area contributed by atoms with Crippen LogP contribution in [0.15, 0.2) is 42.5 Å². The van der Waals surface area contributed by atoms with Gasteiger partial charge in [-0.2, -0.15) is 0 Å². The molecular weight excluding hydrogens is 366 g/mol. The third kappa shape index (κ3) is 4.95. The van der Waals surface area contributed by atoms with Crippen molar-refractivity contribution < 1.29 is 9.53 Å². The van der Waals surface area contributed by atoms with Gasteiger partial charge in [-0.1, -0.05) is 41.4 Å². The second-order valence-corrected chi connectivity index (χ2v) is 8.77. The fourth-order valence-corrected chi connectivity index (χ4v) is 4.23. The van der Waals surface area contributed by atoms with Crippen molar-refractivity contribution in [1.82, 2.24) is 5.32 Å². The van der Waals surface area contributed by atoms with Gasteiger partial charge in [0.2, 0.25) is 5.91 Å². The number of fused-ring (bicyclic) bond motifs is 1. The quantitative estimate of drug-likeness (QED) is 0.753. The van der Waals surface area contributed by atoms with Crippen LogP contribution in [0.3, 0.4) is 0 Å². The molecule has 0 spiro atoms.